The summed E-state index contributed by atoms with van der Waals surface area (Å²) in [4.78, 5) is 15.9. The summed E-state index contributed by atoms with van der Waals surface area (Å²) in [6, 6.07) is 3.41. The summed E-state index contributed by atoms with van der Waals surface area (Å²) >= 11 is 0. The van der Waals surface area contributed by atoms with E-state index in [2.05, 4.69) is 17.2 Å². The molecule has 0 aliphatic heterocycles. The van der Waals surface area contributed by atoms with E-state index in [1.807, 2.05) is 6.92 Å². The van der Waals surface area contributed by atoms with Crippen molar-refractivity contribution in [3.05, 3.63) is 23.9 Å². The molecule has 1 rings (SSSR count). The number of ether oxygens (including phenoxy) is 2. The van der Waals surface area contributed by atoms with E-state index in [1.165, 1.54) is 6.20 Å². The molecule has 0 fully saturated rings. The maximum absolute atomic E-state index is 11.8. The van der Waals surface area contributed by atoms with Gasteiger partial charge in [-0.15, -0.1) is 0 Å². The molecule has 5 nitrogen and oxygen atoms in total. The molecule has 1 aromatic heterocycles. The van der Waals surface area contributed by atoms with Gasteiger partial charge in [-0.1, -0.05) is 13.3 Å². The van der Waals surface area contributed by atoms with Gasteiger partial charge in [0.2, 0.25) is 5.88 Å². The second-order valence-corrected chi connectivity index (χ2v) is 4.39. The zero-order valence-corrected chi connectivity index (χ0v) is 12.4. The Morgan fingerprint density at radius 3 is 2.70 bits per heavy atom. The van der Waals surface area contributed by atoms with Crippen LogP contribution in [-0.2, 0) is 4.74 Å². The van der Waals surface area contributed by atoms with E-state index in [9.17, 15) is 4.79 Å². The van der Waals surface area contributed by atoms with Gasteiger partial charge in [0.1, 0.15) is 0 Å². The van der Waals surface area contributed by atoms with Crippen molar-refractivity contribution in [1.82, 2.24) is 10.3 Å². The lowest BCUT2D eigenvalue weighted by Gasteiger charge is -2.06. The monoisotopic (exact) mass is 280 g/mol. The quantitative estimate of drug-likeness (QED) is 0.669. The number of rotatable bonds is 10. The molecular formula is C15H24N2O3. The molecule has 1 aromatic rings. The Morgan fingerprint density at radius 2 is 2.05 bits per heavy atom. The van der Waals surface area contributed by atoms with Crippen molar-refractivity contribution in [2.75, 3.05) is 26.4 Å². The van der Waals surface area contributed by atoms with Crippen LogP contribution < -0.4 is 10.1 Å². The summed E-state index contributed by atoms with van der Waals surface area (Å²) in [6.45, 7) is 6.68. The number of unbranched alkanes of at least 4 members (excludes halogenated alkanes) is 1. The van der Waals surface area contributed by atoms with Gasteiger partial charge in [0.05, 0.1) is 12.2 Å². The van der Waals surface area contributed by atoms with Crippen molar-refractivity contribution in [3.63, 3.8) is 0 Å². The van der Waals surface area contributed by atoms with Crippen molar-refractivity contribution in [3.8, 4) is 5.88 Å². The van der Waals surface area contributed by atoms with E-state index in [1.54, 1.807) is 12.1 Å². The lowest BCUT2D eigenvalue weighted by molar-refractivity contribution is 0.0940. The average Bonchev–Trinajstić information content (AvgIpc) is 2.47. The lowest BCUT2D eigenvalue weighted by Crippen LogP contribution is -2.25. The topological polar surface area (TPSA) is 60.5 Å². The Kier molecular flexibility index (Phi) is 8.38. The molecule has 1 N–H and O–H groups in total. The first-order chi connectivity index (χ1) is 9.77. The number of aromatic nitrogens is 1. The van der Waals surface area contributed by atoms with Crippen molar-refractivity contribution in [2.24, 2.45) is 0 Å². The van der Waals surface area contributed by atoms with Gasteiger partial charge < -0.3 is 14.8 Å². The van der Waals surface area contributed by atoms with Gasteiger partial charge >= 0.3 is 0 Å². The molecule has 0 spiro atoms. The number of nitrogens with zero attached hydrogens (tertiary/aromatic N) is 1. The van der Waals surface area contributed by atoms with Crippen LogP contribution in [0.4, 0.5) is 0 Å². The van der Waals surface area contributed by atoms with Gasteiger partial charge in [-0.25, -0.2) is 4.98 Å². The molecule has 0 aromatic carbocycles. The molecule has 0 unspecified atom stereocenters. The molecule has 1 amide bonds. The van der Waals surface area contributed by atoms with Crippen LogP contribution in [0.15, 0.2) is 18.3 Å². The van der Waals surface area contributed by atoms with Crippen LogP contribution in [0.25, 0.3) is 0 Å². The lowest BCUT2D eigenvalue weighted by atomic mass is 10.2. The molecule has 0 aliphatic carbocycles. The van der Waals surface area contributed by atoms with E-state index in [0.29, 0.717) is 31.2 Å². The zero-order chi connectivity index (χ0) is 14.6. The van der Waals surface area contributed by atoms with Gasteiger partial charge in [-0.2, -0.15) is 0 Å². The first kappa shape index (κ1) is 16.4. The minimum Gasteiger partial charge on any atom is -0.478 e. The second-order valence-electron chi connectivity index (χ2n) is 4.39. The molecule has 0 bridgehead atoms. The van der Waals surface area contributed by atoms with Gasteiger partial charge in [-0.3, -0.25) is 4.79 Å². The van der Waals surface area contributed by atoms with Crippen molar-refractivity contribution in [2.45, 2.75) is 33.1 Å². The number of carbonyl (C=O) groups excluding carboxylic acids is 1. The van der Waals surface area contributed by atoms with Crippen LogP contribution in [0, 0.1) is 0 Å². The van der Waals surface area contributed by atoms with Crippen LogP contribution in [-0.4, -0.2) is 37.3 Å². The summed E-state index contributed by atoms with van der Waals surface area (Å²) in [5.41, 5.74) is 0.542. The average molecular weight is 280 g/mol. The minimum atomic E-state index is -0.117. The van der Waals surface area contributed by atoms with Crippen LogP contribution in [0.5, 0.6) is 5.88 Å². The molecule has 0 saturated heterocycles. The van der Waals surface area contributed by atoms with E-state index >= 15 is 0 Å². The van der Waals surface area contributed by atoms with Crippen LogP contribution >= 0.6 is 0 Å². The van der Waals surface area contributed by atoms with Gasteiger partial charge in [-0.05, 0) is 25.8 Å². The Hall–Kier alpha value is -1.62. The Labute approximate surface area is 120 Å². The third-order valence-electron chi connectivity index (χ3n) is 2.68. The van der Waals surface area contributed by atoms with E-state index < -0.39 is 0 Å². The van der Waals surface area contributed by atoms with E-state index in [-0.39, 0.29) is 5.91 Å². The fraction of sp³-hybridized carbons (Fsp3) is 0.600. The number of amides is 1. The van der Waals surface area contributed by atoms with Crippen LogP contribution in [0.1, 0.15) is 43.5 Å². The number of pyridine rings is 1. The fourth-order valence-electron chi connectivity index (χ4n) is 1.57. The van der Waals surface area contributed by atoms with E-state index in [0.717, 1.165) is 25.9 Å². The Balaban J connectivity index is 2.18. The molecule has 1 heterocycles. The Morgan fingerprint density at radius 1 is 1.25 bits per heavy atom. The largest absolute Gasteiger partial charge is 0.478 e. The highest BCUT2D eigenvalue weighted by molar-refractivity contribution is 5.93. The highest BCUT2D eigenvalue weighted by Gasteiger charge is 2.05. The maximum Gasteiger partial charge on any atom is 0.252 e. The fourth-order valence-corrected chi connectivity index (χ4v) is 1.57. The van der Waals surface area contributed by atoms with Gasteiger partial charge in [0, 0.05) is 32.0 Å². The highest BCUT2D eigenvalue weighted by atomic mass is 16.5. The normalized spacial score (nSPS) is 10.3. The van der Waals surface area contributed by atoms with E-state index in [4.69, 9.17) is 9.47 Å². The van der Waals surface area contributed by atoms with Crippen molar-refractivity contribution in [1.29, 1.82) is 0 Å². The molecule has 5 heteroatoms. The molecule has 0 saturated carbocycles. The standard InChI is InChI=1S/C15H24N2O3/c1-3-5-10-19-11-6-9-16-15(18)13-7-8-14(17-12-13)20-4-2/h7-8,12H,3-6,9-11H2,1-2H3,(H,16,18). The number of hydrogen-bond donors (Lipinski definition) is 1. The van der Waals surface area contributed by atoms with Gasteiger partial charge in [0.15, 0.2) is 0 Å². The maximum atomic E-state index is 11.8. The third kappa shape index (κ3) is 6.52. The number of hydrogen-bond acceptors (Lipinski definition) is 4. The number of nitrogens with one attached hydrogen (secondary N) is 1. The predicted molar refractivity (Wildman–Crippen MR) is 78.1 cm³/mol. The summed E-state index contributed by atoms with van der Waals surface area (Å²) in [7, 11) is 0. The summed E-state index contributed by atoms with van der Waals surface area (Å²) in [5.74, 6) is 0.419. The first-order valence-corrected chi connectivity index (χ1v) is 7.22. The van der Waals surface area contributed by atoms with Gasteiger partial charge in [0.25, 0.3) is 5.91 Å². The zero-order valence-electron chi connectivity index (χ0n) is 12.4. The molecule has 0 aliphatic rings. The van der Waals surface area contributed by atoms with Crippen LogP contribution in [0.2, 0.25) is 0 Å². The summed E-state index contributed by atoms with van der Waals surface area (Å²) in [6.07, 6.45) is 4.57. The third-order valence-corrected chi connectivity index (χ3v) is 2.68. The molecule has 0 atom stereocenters. The summed E-state index contributed by atoms with van der Waals surface area (Å²) in [5, 5.41) is 2.84. The smallest absolute Gasteiger partial charge is 0.252 e. The first-order valence-electron chi connectivity index (χ1n) is 7.22. The van der Waals surface area contributed by atoms with Crippen molar-refractivity contribution < 1.29 is 14.3 Å². The van der Waals surface area contributed by atoms with Crippen LogP contribution in [0.3, 0.4) is 0 Å². The molecule has 112 valence electrons. The van der Waals surface area contributed by atoms with Crippen molar-refractivity contribution >= 4 is 5.91 Å². The molecule has 20 heavy (non-hydrogen) atoms. The highest BCUT2D eigenvalue weighted by Crippen LogP contribution is 2.07. The predicted octanol–water partition coefficient (Wildman–Crippen LogP) is 2.42. The Bertz CT molecular complexity index is 379. The summed E-state index contributed by atoms with van der Waals surface area (Å²) < 4.78 is 10.7. The SMILES string of the molecule is CCCCOCCCNC(=O)c1ccc(OCC)nc1. The minimum absolute atomic E-state index is 0.117. The molecular weight excluding hydrogens is 256 g/mol. The second kappa shape index (κ2) is 10.2. The molecule has 0 radical (unpaired) electrons. The number of carbonyl (C=O) groups is 1.